The number of aliphatic hydroxyl groups is 1. The largest absolute Gasteiger partial charge is 0.507 e. The number of halogens is 2. The zero-order chi connectivity index (χ0) is 26.0. The van der Waals surface area contributed by atoms with Crippen molar-refractivity contribution in [2.75, 3.05) is 25.7 Å². The Labute approximate surface area is 218 Å². The van der Waals surface area contributed by atoms with Crippen molar-refractivity contribution in [2.45, 2.75) is 13.0 Å². The van der Waals surface area contributed by atoms with Crippen LogP contribution in [0.3, 0.4) is 0 Å². The summed E-state index contributed by atoms with van der Waals surface area (Å²) in [6, 6.07) is 15.4. The third-order valence-corrected chi connectivity index (χ3v) is 6.51. The lowest BCUT2D eigenvalue weighted by Gasteiger charge is -2.26. The van der Waals surface area contributed by atoms with E-state index in [1.54, 1.807) is 42.5 Å². The van der Waals surface area contributed by atoms with E-state index in [0.29, 0.717) is 35.1 Å². The van der Waals surface area contributed by atoms with Crippen molar-refractivity contribution in [3.63, 3.8) is 0 Å². The van der Waals surface area contributed by atoms with E-state index in [1.807, 2.05) is 6.92 Å². The maximum Gasteiger partial charge on any atom is 0.300 e. The number of carbonyl (C=O) groups excluding carboxylic acids is 2. The van der Waals surface area contributed by atoms with Crippen LogP contribution >= 0.6 is 23.2 Å². The van der Waals surface area contributed by atoms with Gasteiger partial charge < -0.3 is 19.3 Å². The summed E-state index contributed by atoms with van der Waals surface area (Å²) in [5.41, 5.74) is 1.09. The normalized spacial score (nSPS) is 16.8. The molecule has 0 bridgehead atoms. The summed E-state index contributed by atoms with van der Waals surface area (Å²) in [5, 5.41) is 11.8. The molecule has 36 heavy (non-hydrogen) atoms. The molecule has 1 aliphatic heterocycles. The van der Waals surface area contributed by atoms with Crippen molar-refractivity contribution in [3.8, 4) is 17.2 Å². The fraction of sp³-hybridized carbons (Fsp3) is 0.185. The van der Waals surface area contributed by atoms with Crippen LogP contribution in [0.2, 0.25) is 10.0 Å². The van der Waals surface area contributed by atoms with Gasteiger partial charge in [0.25, 0.3) is 11.7 Å². The van der Waals surface area contributed by atoms with E-state index in [4.69, 9.17) is 37.4 Å². The van der Waals surface area contributed by atoms with Crippen LogP contribution in [0.4, 0.5) is 5.69 Å². The zero-order valence-electron chi connectivity index (χ0n) is 19.7. The fourth-order valence-electron chi connectivity index (χ4n) is 4.13. The second-order valence-corrected chi connectivity index (χ2v) is 8.66. The number of benzene rings is 3. The number of rotatable bonds is 7. The van der Waals surface area contributed by atoms with Gasteiger partial charge in [-0.3, -0.25) is 14.5 Å². The van der Waals surface area contributed by atoms with E-state index in [1.165, 1.54) is 37.3 Å². The van der Waals surface area contributed by atoms with Crippen LogP contribution in [0.25, 0.3) is 5.76 Å². The average molecular weight is 528 g/mol. The van der Waals surface area contributed by atoms with Crippen LogP contribution in [0.5, 0.6) is 17.2 Å². The second-order valence-electron chi connectivity index (χ2n) is 7.84. The molecule has 1 amide bonds. The summed E-state index contributed by atoms with van der Waals surface area (Å²) in [6.45, 7) is 2.28. The van der Waals surface area contributed by atoms with Crippen molar-refractivity contribution in [2.24, 2.45) is 0 Å². The highest BCUT2D eigenvalue weighted by molar-refractivity contribution is 6.51. The van der Waals surface area contributed by atoms with E-state index in [2.05, 4.69) is 0 Å². The first-order valence-corrected chi connectivity index (χ1v) is 11.8. The summed E-state index contributed by atoms with van der Waals surface area (Å²) in [6.07, 6.45) is 0. The van der Waals surface area contributed by atoms with Gasteiger partial charge in [-0.25, -0.2) is 0 Å². The molecule has 3 aromatic rings. The molecule has 3 aromatic carbocycles. The molecule has 1 saturated heterocycles. The number of Topliss-reactive ketones (excluding diaryl/α,β-unsaturated/α-hetero) is 1. The molecular formula is C27H23Cl2NO6. The summed E-state index contributed by atoms with van der Waals surface area (Å²) in [7, 11) is 2.99. The van der Waals surface area contributed by atoms with Gasteiger partial charge in [0, 0.05) is 17.3 Å². The first kappa shape index (κ1) is 25.4. The minimum absolute atomic E-state index is 0.104. The minimum atomic E-state index is -0.976. The summed E-state index contributed by atoms with van der Waals surface area (Å²) in [4.78, 5) is 28.1. The van der Waals surface area contributed by atoms with E-state index in [0.717, 1.165) is 0 Å². The summed E-state index contributed by atoms with van der Waals surface area (Å²) in [5.74, 6) is -0.618. The van der Waals surface area contributed by atoms with Crippen molar-refractivity contribution >= 4 is 46.3 Å². The molecule has 1 atom stereocenters. The highest BCUT2D eigenvalue weighted by Crippen LogP contribution is 2.45. The number of ether oxygens (including phenoxy) is 3. The van der Waals surface area contributed by atoms with Crippen molar-refractivity contribution in [3.05, 3.63) is 87.4 Å². The minimum Gasteiger partial charge on any atom is -0.507 e. The molecule has 7 nitrogen and oxygen atoms in total. The summed E-state index contributed by atoms with van der Waals surface area (Å²) >= 11 is 12.2. The number of nitrogens with zero attached hydrogens (tertiary/aromatic N) is 1. The molecule has 0 radical (unpaired) electrons. The number of amides is 1. The topological polar surface area (TPSA) is 85.3 Å². The van der Waals surface area contributed by atoms with Gasteiger partial charge in [-0.2, -0.15) is 0 Å². The van der Waals surface area contributed by atoms with E-state index in [-0.39, 0.29) is 26.9 Å². The standard InChI is InChI=1S/C27H23Cl2NO6/c1-4-36-18-7-5-6-17(14-18)30-24(15-9-11-21(34-2)22(13-15)35-3)23(26(32)27(30)33)25(31)16-8-10-19(28)20(29)12-16/h5-14,24,31H,4H2,1-3H3/b25-23-. The van der Waals surface area contributed by atoms with Gasteiger partial charge in [-0.15, -0.1) is 0 Å². The monoisotopic (exact) mass is 527 g/mol. The Hall–Kier alpha value is -3.68. The van der Waals surface area contributed by atoms with Crippen molar-refractivity contribution in [1.29, 1.82) is 0 Å². The Morgan fingerprint density at radius 1 is 0.944 bits per heavy atom. The van der Waals surface area contributed by atoms with E-state index in [9.17, 15) is 14.7 Å². The fourth-order valence-corrected chi connectivity index (χ4v) is 4.42. The van der Waals surface area contributed by atoms with Crippen LogP contribution in [-0.2, 0) is 9.59 Å². The van der Waals surface area contributed by atoms with Crippen molar-refractivity contribution < 1.29 is 28.9 Å². The van der Waals surface area contributed by atoms with E-state index < -0.39 is 17.7 Å². The molecule has 9 heteroatoms. The molecule has 4 rings (SSSR count). The number of hydrogen-bond acceptors (Lipinski definition) is 6. The molecule has 186 valence electrons. The Bertz CT molecular complexity index is 1370. The quantitative estimate of drug-likeness (QED) is 0.229. The number of methoxy groups -OCH3 is 2. The van der Waals surface area contributed by atoms with E-state index >= 15 is 0 Å². The van der Waals surface area contributed by atoms with Crippen LogP contribution in [0, 0.1) is 0 Å². The predicted molar refractivity (Wildman–Crippen MR) is 138 cm³/mol. The molecule has 0 saturated carbocycles. The van der Waals surface area contributed by atoms with Gasteiger partial charge in [-0.05, 0) is 55.0 Å². The molecule has 1 N–H and O–H groups in total. The molecule has 1 heterocycles. The number of ketones is 1. The van der Waals surface area contributed by atoms with Crippen LogP contribution in [0.15, 0.2) is 66.2 Å². The van der Waals surface area contributed by atoms with Crippen LogP contribution < -0.4 is 19.1 Å². The molecule has 1 aliphatic rings. The lowest BCUT2D eigenvalue weighted by molar-refractivity contribution is -0.132. The number of carbonyl (C=O) groups is 2. The molecular weight excluding hydrogens is 505 g/mol. The van der Waals surface area contributed by atoms with Crippen LogP contribution in [0.1, 0.15) is 24.1 Å². The third-order valence-electron chi connectivity index (χ3n) is 5.77. The first-order valence-electron chi connectivity index (χ1n) is 11.0. The first-order chi connectivity index (χ1) is 17.3. The summed E-state index contributed by atoms with van der Waals surface area (Å²) < 4.78 is 16.4. The predicted octanol–water partition coefficient (Wildman–Crippen LogP) is 6.04. The van der Waals surface area contributed by atoms with Gasteiger partial charge in [0.2, 0.25) is 0 Å². The Morgan fingerprint density at radius 3 is 2.36 bits per heavy atom. The number of hydrogen-bond donors (Lipinski definition) is 1. The second kappa shape index (κ2) is 10.5. The molecule has 0 aromatic heterocycles. The van der Waals surface area contributed by atoms with Gasteiger partial charge >= 0.3 is 0 Å². The number of anilines is 1. The van der Waals surface area contributed by atoms with Crippen LogP contribution in [-0.4, -0.2) is 37.6 Å². The highest BCUT2D eigenvalue weighted by Gasteiger charge is 2.47. The number of aliphatic hydroxyl groups excluding tert-OH is 1. The Kier molecular flexibility index (Phi) is 7.43. The Morgan fingerprint density at radius 2 is 1.69 bits per heavy atom. The molecule has 1 unspecified atom stereocenters. The highest BCUT2D eigenvalue weighted by atomic mass is 35.5. The van der Waals surface area contributed by atoms with Gasteiger partial charge in [0.05, 0.1) is 42.5 Å². The zero-order valence-corrected chi connectivity index (χ0v) is 21.3. The average Bonchev–Trinajstić information content (AvgIpc) is 3.15. The lowest BCUT2D eigenvalue weighted by atomic mass is 9.94. The van der Waals surface area contributed by atoms with Gasteiger partial charge in [0.1, 0.15) is 11.5 Å². The lowest BCUT2D eigenvalue weighted by Crippen LogP contribution is -2.29. The maximum absolute atomic E-state index is 13.4. The van der Waals surface area contributed by atoms with Gasteiger partial charge in [-0.1, -0.05) is 35.3 Å². The smallest absolute Gasteiger partial charge is 0.300 e. The van der Waals surface area contributed by atoms with Crippen molar-refractivity contribution in [1.82, 2.24) is 0 Å². The van der Waals surface area contributed by atoms with Gasteiger partial charge in [0.15, 0.2) is 11.5 Å². The third kappa shape index (κ3) is 4.59. The SMILES string of the molecule is CCOc1cccc(N2C(=O)C(=O)/C(=C(\O)c3ccc(Cl)c(Cl)c3)C2c2ccc(OC)c(OC)c2)c1. The maximum atomic E-state index is 13.4. The molecule has 1 fully saturated rings. The Balaban J connectivity index is 1.96. The molecule has 0 aliphatic carbocycles. The molecule has 0 spiro atoms.